The van der Waals surface area contributed by atoms with Crippen molar-refractivity contribution in [2.45, 2.75) is 13.8 Å². The quantitative estimate of drug-likeness (QED) is 0.739. The Balaban J connectivity index is 3.10. The highest BCUT2D eigenvalue weighted by Crippen LogP contribution is 2.24. The number of nitrogens with zero attached hydrogens (tertiary/aromatic N) is 1. The van der Waals surface area contributed by atoms with Gasteiger partial charge in [0, 0.05) is 18.8 Å². The topological polar surface area (TPSA) is 66.6 Å². The summed E-state index contributed by atoms with van der Waals surface area (Å²) in [6, 6.07) is 4.69. The zero-order chi connectivity index (χ0) is 11.4. The van der Waals surface area contributed by atoms with Crippen LogP contribution in [-0.4, -0.2) is 29.0 Å². The number of hydrogen-bond donors (Lipinski definition) is 2. The van der Waals surface area contributed by atoms with Crippen molar-refractivity contribution in [1.29, 1.82) is 0 Å². The van der Waals surface area contributed by atoms with E-state index in [9.17, 15) is 9.90 Å². The first-order valence-corrected chi connectivity index (χ1v) is 4.98. The zero-order valence-electron chi connectivity index (χ0n) is 9.03. The lowest BCUT2D eigenvalue weighted by atomic mass is 10.1. The number of phenols is 1. The first-order chi connectivity index (χ1) is 7.11. The van der Waals surface area contributed by atoms with Crippen molar-refractivity contribution >= 4 is 11.6 Å². The van der Waals surface area contributed by atoms with E-state index in [0.717, 1.165) is 0 Å². The molecule has 1 rings (SSSR count). The number of anilines is 1. The summed E-state index contributed by atoms with van der Waals surface area (Å²) in [6.45, 7) is 4.97. The lowest BCUT2D eigenvalue weighted by molar-refractivity contribution is 0.0771. The summed E-state index contributed by atoms with van der Waals surface area (Å²) in [5.41, 5.74) is 6.17. The first-order valence-electron chi connectivity index (χ1n) is 4.98. The third-order valence-corrected chi connectivity index (χ3v) is 2.34. The van der Waals surface area contributed by atoms with Crippen LogP contribution in [0, 0.1) is 0 Å². The van der Waals surface area contributed by atoms with Crippen LogP contribution >= 0.6 is 0 Å². The summed E-state index contributed by atoms with van der Waals surface area (Å²) in [7, 11) is 0. The number of carbonyl (C=O) groups excluding carboxylic acids is 1. The number of phenolic OH excluding ortho intramolecular Hbond substituents is 1. The minimum Gasteiger partial charge on any atom is -0.507 e. The van der Waals surface area contributed by atoms with Crippen molar-refractivity contribution in [3.05, 3.63) is 23.8 Å². The summed E-state index contributed by atoms with van der Waals surface area (Å²) in [5.74, 6) is -0.289. The molecule has 15 heavy (non-hydrogen) atoms. The molecule has 0 radical (unpaired) electrons. The van der Waals surface area contributed by atoms with E-state index in [4.69, 9.17) is 5.73 Å². The van der Waals surface area contributed by atoms with Gasteiger partial charge in [-0.2, -0.15) is 0 Å². The summed E-state index contributed by atoms with van der Waals surface area (Å²) >= 11 is 0. The molecule has 0 bridgehead atoms. The van der Waals surface area contributed by atoms with E-state index < -0.39 is 0 Å². The molecule has 1 amide bonds. The van der Waals surface area contributed by atoms with Crippen molar-refractivity contribution in [1.82, 2.24) is 4.90 Å². The molecule has 0 fully saturated rings. The van der Waals surface area contributed by atoms with Crippen LogP contribution in [0.2, 0.25) is 0 Å². The van der Waals surface area contributed by atoms with Gasteiger partial charge in [-0.15, -0.1) is 0 Å². The number of nitrogens with two attached hydrogens (primary N) is 1. The molecule has 82 valence electrons. The fraction of sp³-hybridized carbons (Fsp3) is 0.364. The SMILES string of the molecule is CCN(CC)C(=O)c1c(N)cccc1O. The van der Waals surface area contributed by atoms with E-state index in [0.29, 0.717) is 18.8 Å². The van der Waals surface area contributed by atoms with Crippen LogP contribution in [0.15, 0.2) is 18.2 Å². The Bertz CT molecular complexity index is 339. The Hall–Kier alpha value is -1.71. The molecule has 0 saturated carbocycles. The van der Waals surface area contributed by atoms with Crippen molar-refractivity contribution in [2.75, 3.05) is 18.8 Å². The smallest absolute Gasteiger partial charge is 0.259 e. The third kappa shape index (κ3) is 2.21. The molecule has 0 atom stereocenters. The van der Waals surface area contributed by atoms with Gasteiger partial charge in [0.1, 0.15) is 11.3 Å². The molecular formula is C11H16N2O2. The molecule has 1 aromatic rings. The number of aromatic hydroxyl groups is 1. The fourth-order valence-electron chi connectivity index (χ4n) is 1.46. The van der Waals surface area contributed by atoms with Crippen LogP contribution in [-0.2, 0) is 0 Å². The maximum atomic E-state index is 11.9. The van der Waals surface area contributed by atoms with Crippen molar-refractivity contribution < 1.29 is 9.90 Å². The molecule has 0 aliphatic heterocycles. The minimum atomic E-state index is -0.226. The van der Waals surface area contributed by atoms with Gasteiger partial charge in [0.2, 0.25) is 0 Å². The van der Waals surface area contributed by atoms with Crippen LogP contribution in [0.1, 0.15) is 24.2 Å². The van der Waals surface area contributed by atoms with Crippen LogP contribution < -0.4 is 5.73 Å². The molecule has 1 aromatic carbocycles. The van der Waals surface area contributed by atoms with E-state index in [2.05, 4.69) is 0 Å². The van der Waals surface area contributed by atoms with E-state index in [1.54, 1.807) is 17.0 Å². The van der Waals surface area contributed by atoms with E-state index in [-0.39, 0.29) is 17.2 Å². The van der Waals surface area contributed by atoms with Gasteiger partial charge in [-0.3, -0.25) is 4.79 Å². The van der Waals surface area contributed by atoms with Gasteiger partial charge in [-0.25, -0.2) is 0 Å². The average Bonchev–Trinajstić information content (AvgIpc) is 2.19. The summed E-state index contributed by atoms with van der Waals surface area (Å²) in [6.07, 6.45) is 0. The summed E-state index contributed by atoms with van der Waals surface area (Å²) in [4.78, 5) is 13.6. The maximum Gasteiger partial charge on any atom is 0.259 e. The molecule has 0 saturated heterocycles. The second-order valence-corrected chi connectivity index (χ2v) is 3.22. The second kappa shape index (κ2) is 4.68. The maximum absolute atomic E-state index is 11.9. The lowest BCUT2D eigenvalue weighted by Crippen LogP contribution is -2.31. The van der Waals surface area contributed by atoms with Crippen LogP contribution in [0.3, 0.4) is 0 Å². The molecule has 4 nitrogen and oxygen atoms in total. The number of rotatable bonds is 3. The van der Waals surface area contributed by atoms with E-state index in [1.807, 2.05) is 13.8 Å². The Kier molecular flexibility index (Phi) is 3.55. The van der Waals surface area contributed by atoms with Gasteiger partial charge in [-0.05, 0) is 26.0 Å². The zero-order valence-corrected chi connectivity index (χ0v) is 9.03. The number of carbonyl (C=O) groups is 1. The molecule has 3 N–H and O–H groups in total. The third-order valence-electron chi connectivity index (χ3n) is 2.34. The minimum absolute atomic E-state index is 0.0631. The standard InChI is InChI=1S/C11H16N2O2/c1-3-13(4-2)11(15)10-8(12)6-5-7-9(10)14/h5-7,14H,3-4,12H2,1-2H3. The van der Waals surface area contributed by atoms with Gasteiger partial charge in [0.05, 0.1) is 0 Å². The van der Waals surface area contributed by atoms with Crippen molar-refractivity contribution in [3.8, 4) is 5.75 Å². The first kappa shape index (κ1) is 11.4. The van der Waals surface area contributed by atoms with E-state index >= 15 is 0 Å². The van der Waals surface area contributed by atoms with Gasteiger partial charge in [-0.1, -0.05) is 6.07 Å². The average molecular weight is 208 g/mol. The summed E-state index contributed by atoms with van der Waals surface area (Å²) in [5, 5.41) is 9.57. The number of amides is 1. The molecule has 0 aromatic heterocycles. The second-order valence-electron chi connectivity index (χ2n) is 3.22. The Morgan fingerprint density at radius 1 is 1.40 bits per heavy atom. The lowest BCUT2D eigenvalue weighted by Gasteiger charge is -2.19. The predicted octanol–water partition coefficient (Wildman–Crippen LogP) is 1.46. The molecule has 0 heterocycles. The van der Waals surface area contributed by atoms with Crippen molar-refractivity contribution in [2.24, 2.45) is 0 Å². The van der Waals surface area contributed by atoms with Gasteiger partial charge in [0.25, 0.3) is 5.91 Å². The Morgan fingerprint density at radius 3 is 2.47 bits per heavy atom. The largest absolute Gasteiger partial charge is 0.507 e. The molecule has 0 aliphatic rings. The highest BCUT2D eigenvalue weighted by atomic mass is 16.3. The predicted molar refractivity (Wildman–Crippen MR) is 59.8 cm³/mol. The monoisotopic (exact) mass is 208 g/mol. The van der Waals surface area contributed by atoms with Crippen LogP contribution in [0.5, 0.6) is 5.75 Å². The highest BCUT2D eigenvalue weighted by molar-refractivity contribution is 6.01. The van der Waals surface area contributed by atoms with E-state index in [1.165, 1.54) is 6.07 Å². The van der Waals surface area contributed by atoms with Gasteiger partial charge >= 0.3 is 0 Å². The van der Waals surface area contributed by atoms with Crippen molar-refractivity contribution in [3.63, 3.8) is 0 Å². The van der Waals surface area contributed by atoms with Gasteiger partial charge < -0.3 is 15.7 Å². The van der Waals surface area contributed by atoms with Gasteiger partial charge in [0.15, 0.2) is 0 Å². The van der Waals surface area contributed by atoms with Crippen LogP contribution in [0.4, 0.5) is 5.69 Å². The molecular weight excluding hydrogens is 192 g/mol. The molecule has 0 unspecified atom stereocenters. The highest BCUT2D eigenvalue weighted by Gasteiger charge is 2.18. The van der Waals surface area contributed by atoms with Crippen LogP contribution in [0.25, 0.3) is 0 Å². The number of hydrogen-bond acceptors (Lipinski definition) is 3. The number of benzene rings is 1. The molecule has 0 spiro atoms. The normalized spacial score (nSPS) is 10.0. The molecule has 0 aliphatic carbocycles. The summed E-state index contributed by atoms with van der Waals surface area (Å²) < 4.78 is 0. The fourth-order valence-corrected chi connectivity index (χ4v) is 1.46. The Morgan fingerprint density at radius 2 is 2.00 bits per heavy atom. The Labute approximate surface area is 89.3 Å². The number of nitrogen functional groups attached to an aromatic ring is 1. The molecule has 4 heteroatoms.